The number of aliphatic carboxylic acids is 1. The van der Waals surface area contributed by atoms with Gasteiger partial charge >= 0.3 is 5.97 Å². The first kappa shape index (κ1) is 7.10. The molecule has 2 aliphatic rings. The number of rotatable bonds is 1. The first-order chi connectivity index (χ1) is 5.25. The monoisotopic (exact) mass is 155 g/mol. The second kappa shape index (κ2) is 2.21. The Hall–Kier alpha value is -0.570. The zero-order chi connectivity index (χ0) is 7.90. The van der Waals surface area contributed by atoms with Crippen LogP contribution in [-0.2, 0) is 4.79 Å². The second-order valence-electron chi connectivity index (χ2n) is 3.71. The molecule has 2 fully saturated rings. The summed E-state index contributed by atoms with van der Waals surface area (Å²) in [5.74, 6) is -0.614. The van der Waals surface area contributed by atoms with Crippen molar-refractivity contribution in [3.05, 3.63) is 0 Å². The van der Waals surface area contributed by atoms with E-state index in [0.717, 1.165) is 32.4 Å². The minimum Gasteiger partial charge on any atom is -0.481 e. The Balaban J connectivity index is 1.99. The highest BCUT2D eigenvalue weighted by Gasteiger charge is 2.57. The van der Waals surface area contributed by atoms with Crippen molar-refractivity contribution in [2.45, 2.75) is 19.3 Å². The Labute approximate surface area is 65.8 Å². The highest BCUT2D eigenvalue weighted by Crippen LogP contribution is 2.58. The molecule has 1 atom stereocenters. The normalized spacial score (nSPS) is 33.6. The predicted molar refractivity (Wildman–Crippen MR) is 40.3 cm³/mol. The third-order valence-electron chi connectivity index (χ3n) is 3.09. The third-order valence-corrected chi connectivity index (χ3v) is 3.09. The molecule has 3 heteroatoms. The average molecular weight is 155 g/mol. The Kier molecular flexibility index (Phi) is 1.42. The zero-order valence-electron chi connectivity index (χ0n) is 6.47. The molecule has 1 aliphatic carbocycles. The van der Waals surface area contributed by atoms with Gasteiger partial charge in [-0.3, -0.25) is 4.79 Å². The number of hydrogen-bond acceptors (Lipinski definition) is 2. The number of hydrogen-bond donors (Lipinski definition) is 2. The van der Waals surface area contributed by atoms with E-state index in [-0.39, 0.29) is 11.3 Å². The summed E-state index contributed by atoms with van der Waals surface area (Å²) < 4.78 is 0. The van der Waals surface area contributed by atoms with Gasteiger partial charge in [0.25, 0.3) is 0 Å². The van der Waals surface area contributed by atoms with Crippen LogP contribution in [0.1, 0.15) is 19.3 Å². The molecule has 1 unspecified atom stereocenters. The second-order valence-corrected chi connectivity index (χ2v) is 3.71. The van der Waals surface area contributed by atoms with E-state index in [1.165, 1.54) is 0 Å². The lowest BCUT2D eigenvalue weighted by Crippen LogP contribution is -2.30. The molecule has 0 amide bonds. The molecule has 0 aromatic heterocycles. The summed E-state index contributed by atoms with van der Waals surface area (Å²) in [5, 5.41) is 12.0. The maximum atomic E-state index is 10.6. The largest absolute Gasteiger partial charge is 0.481 e. The maximum absolute atomic E-state index is 10.6. The van der Waals surface area contributed by atoms with Gasteiger partial charge in [-0.1, -0.05) is 0 Å². The molecule has 1 aliphatic heterocycles. The molecule has 2 rings (SSSR count). The van der Waals surface area contributed by atoms with Crippen molar-refractivity contribution in [1.29, 1.82) is 0 Å². The molecule has 1 spiro atoms. The van der Waals surface area contributed by atoms with Gasteiger partial charge in [0.05, 0.1) is 5.92 Å². The van der Waals surface area contributed by atoms with Crippen molar-refractivity contribution >= 4 is 5.97 Å². The molecule has 1 saturated carbocycles. The fraction of sp³-hybridized carbons (Fsp3) is 0.875. The highest BCUT2D eigenvalue weighted by atomic mass is 16.4. The molecule has 11 heavy (non-hydrogen) atoms. The Morgan fingerprint density at radius 2 is 2.09 bits per heavy atom. The minimum atomic E-state index is -0.591. The van der Waals surface area contributed by atoms with Crippen molar-refractivity contribution in [3.8, 4) is 0 Å². The summed E-state index contributed by atoms with van der Waals surface area (Å²) in [5.41, 5.74) is 0.205. The van der Waals surface area contributed by atoms with E-state index in [9.17, 15) is 4.79 Å². The van der Waals surface area contributed by atoms with Crippen molar-refractivity contribution in [2.24, 2.45) is 11.3 Å². The van der Waals surface area contributed by atoms with Crippen molar-refractivity contribution in [1.82, 2.24) is 5.32 Å². The summed E-state index contributed by atoms with van der Waals surface area (Å²) in [6.45, 7) is 2.01. The lowest BCUT2D eigenvalue weighted by molar-refractivity contribution is -0.139. The van der Waals surface area contributed by atoms with Crippen LogP contribution in [0.15, 0.2) is 0 Å². The van der Waals surface area contributed by atoms with Crippen LogP contribution >= 0.6 is 0 Å². The van der Waals surface area contributed by atoms with Crippen LogP contribution in [0.4, 0.5) is 0 Å². The quantitative estimate of drug-likeness (QED) is 0.578. The first-order valence-corrected chi connectivity index (χ1v) is 4.18. The summed E-state index contributed by atoms with van der Waals surface area (Å²) in [4.78, 5) is 10.6. The highest BCUT2D eigenvalue weighted by molar-refractivity contribution is 5.74. The molecule has 0 aromatic rings. The molecule has 2 N–H and O–H groups in total. The average Bonchev–Trinajstić information content (AvgIpc) is 2.66. The number of carboxylic acid groups (broad SMARTS) is 1. The molecule has 0 radical (unpaired) electrons. The molecular formula is C8H13NO2. The van der Waals surface area contributed by atoms with Gasteiger partial charge in [-0.25, -0.2) is 0 Å². The van der Waals surface area contributed by atoms with Gasteiger partial charge in [-0.2, -0.15) is 0 Å². The van der Waals surface area contributed by atoms with Crippen LogP contribution in [0.2, 0.25) is 0 Å². The maximum Gasteiger partial charge on any atom is 0.307 e. The van der Waals surface area contributed by atoms with Gasteiger partial charge < -0.3 is 10.4 Å². The number of carboxylic acids is 1. The topological polar surface area (TPSA) is 49.3 Å². The van der Waals surface area contributed by atoms with Crippen LogP contribution in [0.3, 0.4) is 0 Å². The number of carbonyl (C=O) groups is 1. The summed E-state index contributed by atoms with van der Waals surface area (Å²) >= 11 is 0. The minimum absolute atomic E-state index is 0.0235. The van der Waals surface area contributed by atoms with E-state index < -0.39 is 5.97 Å². The number of piperidine rings is 1. The lowest BCUT2D eigenvalue weighted by atomic mass is 9.92. The molecule has 0 aromatic carbocycles. The van der Waals surface area contributed by atoms with Crippen LogP contribution in [0, 0.1) is 11.3 Å². The Morgan fingerprint density at radius 3 is 2.55 bits per heavy atom. The van der Waals surface area contributed by atoms with Gasteiger partial charge in [0.1, 0.15) is 0 Å². The van der Waals surface area contributed by atoms with Crippen molar-refractivity contribution < 1.29 is 9.90 Å². The van der Waals surface area contributed by atoms with E-state index in [1.54, 1.807) is 0 Å². The molecule has 1 heterocycles. The predicted octanol–water partition coefficient (Wildman–Crippen LogP) is 0.461. The van der Waals surface area contributed by atoms with Crippen LogP contribution < -0.4 is 5.32 Å². The van der Waals surface area contributed by atoms with Crippen LogP contribution in [-0.4, -0.2) is 24.2 Å². The molecule has 1 saturated heterocycles. The number of nitrogens with one attached hydrogen (secondary N) is 1. The van der Waals surface area contributed by atoms with E-state index in [4.69, 9.17) is 5.11 Å². The van der Waals surface area contributed by atoms with Gasteiger partial charge in [0, 0.05) is 0 Å². The van der Waals surface area contributed by atoms with Gasteiger partial charge in [0.2, 0.25) is 0 Å². The molecule has 3 nitrogen and oxygen atoms in total. The third kappa shape index (κ3) is 1.03. The molecular weight excluding hydrogens is 142 g/mol. The first-order valence-electron chi connectivity index (χ1n) is 4.18. The summed E-state index contributed by atoms with van der Waals surface area (Å²) in [6.07, 6.45) is 3.04. The van der Waals surface area contributed by atoms with Gasteiger partial charge in [-0.15, -0.1) is 0 Å². The smallest absolute Gasteiger partial charge is 0.307 e. The van der Waals surface area contributed by atoms with E-state index in [0.29, 0.717) is 0 Å². The van der Waals surface area contributed by atoms with Crippen LogP contribution in [0.5, 0.6) is 0 Å². The van der Waals surface area contributed by atoms with E-state index >= 15 is 0 Å². The van der Waals surface area contributed by atoms with Crippen LogP contribution in [0.25, 0.3) is 0 Å². The lowest BCUT2D eigenvalue weighted by Gasteiger charge is -2.22. The van der Waals surface area contributed by atoms with Gasteiger partial charge in [-0.05, 0) is 37.8 Å². The van der Waals surface area contributed by atoms with Crippen molar-refractivity contribution in [2.75, 3.05) is 13.1 Å². The summed E-state index contributed by atoms with van der Waals surface area (Å²) in [6, 6.07) is 0. The van der Waals surface area contributed by atoms with E-state index in [2.05, 4.69) is 5.32 Å². The standard InChI is InChI=1S/C8H13NO2/c10-7(11)6-5-8(6)1-3-9-4-2-8/h6,9H,1-5H2,(H,10,11). The summed E-state index contributed by atoms with van der Waals surface area (Å²) in [7, 11) is 0. The SMILES string of the molecule is O=C(O)C1CC12CCNCC2. The van der Waals surface area contributed by atoms with Gasteiger partial charge in [0.15, 0.2) is 0 Å². The Bertz CT molecular complexity index is 185. The molecule has 62 valence electrons. The zero-order valence-corrected chi connectivity index (χ0v) is 6.47. The molecule has 0 bridgehead atoms. The Morgan fingerprint density at radius 1 is 1.45 bits per heavy atom. The van der Waals surface area contributed by atoms with E-state index in [1.807, 2.05) is 0 Å². The van der Waals surface area contributed by atoms with Crippen molar-refractivity contribution in [3.63, 3.8) is 0 Å². The fourth-order valence-electron chi connectivity index (χ4n) is 2.17. The fourth-order valence-corrected chi connectivity index (χ4v) is 2.17.